The monoisotopic (exact) mass is 245 g/mol. The summed E-state index contributed by atoms with van der Waals surface area (Å²) in [6.45, 7) is 0. The van der Waals surface area contributed by atoms with Crippen LogP contribution in [0.2, 0.25) is 5.02 Å². The largest absolute Gasteiger partial charge is 0.263 e. The number of hydrogen-bond acceptors (Lipinski definition) is 2. The first-order valence-corrected chi connectivity index (χ1v) is 5.49. The fraction of sp³-hybridized carbons (Fsp3) is 0. The van der Waals surface area contributed by atoms with E-state index in [1.807, 2.05) is 30.3 Å². The molecule has 0 spiro atoms. The molecule has 0 saturated carbocycles. The minimum atomic E-state index is 0.585. The van der Waals surface area contributed by atoms with Crippen molar-refractivity contribution in [2.24, 2.45) is 0 Å². The molecular formula is C13H8ClNS. The van der Waals surface area contributed by atoms with Gasteiger partial charge in [-0.25, -0.2) is 0 Å². The van der Waals surface area contributed by atoms with Gasteiger partial charge in [-0.15, -0.1) is 12.6 Å². The quantitative estimate of drug-likeness (QED) is 0.554. The van der Waals surface area contributed by atoms with Gasteiger partial charge < -0.3 is 0 Å². The Hall–Kier alpha value is -1.43. The molecule has 2 rings (SSSR count). The molecule has 2 aromatic rings. The van der Waals surface area contributed by atoms with Crippen LogP contribution in [0, 0.1) is 11.8 Å². The number of rotatable bonds is 0. The van der Waals surface area contributed by atoms with Crippen LogP contribution in [0.15, 0.2) is 47.6 Å². The number of pyridine rings is 1. The second kappa shape index (κ2) is 5.07. The molecular weight excluding hydrogens is 238 g/mol. The van der Waals surface area contributed by atoms with E-state index in [0.717, 1.165) is 16.0 Å². The molecule has 0 radical (unpaired) electrons. The standard InChI is InChI=1S/C13H8ClNS/c14-13-11(4-1-5-12(13)16)7-6-10-3-2-8-15-9-10/h1-5,8-9,16H. The summed E-state index contributed by atoms with van der Waals surface area (Å²) in [5, 5.41) is 0.585. The predicted molar refractivity (Wildman–Crippen MR) is 68.9 cm³/mol. The summed E-state index contributed by atoms with van der Waals surface area (Å²) in [4.78, 5) is 4.72. The van der Waals surface area contributed by atoms with Crippen LogP contribution in [-0.4, -0.2) is 4.98 Å². The summed E-state index contributed by atoms with van der Waals surface area (Å²) in [7, 11) is 0. The third-order valence-corrected chi connectivity index (χ3v) is 2.89. The van der Waals surface area contributed by atoms with Gasteiger partial charge in [0, 0.05) is 28.4 Å². The Bertz CT molecular complexity index is 555. The van der Waals surface area contributed by atoms with Gasteiger partial charge in [-0.2, -0.15) is 0 Å². The third-order valence-electron chi connectivity index (χ3n) is 1.98. The second-order valence-electron chi connectivity index (χ2n) is 3.13. The van der Waals surface area contributed by atoms with Crippen molar-refractivity contribution in [3.05, 3.63) is 58.9 Å². The first-order chi connectivity index (χ1) is 7.77. The van der Waals surface area contributed by atoms with Crippen molar-refractivity contribution in [2.75, 3.05) is 0 Å². The summed E-state index contributed by atoms with van der Waals surface area (Å²) in [6.07, 6.45) is 3.43. The number of thiol groups is 1. The molecule has 0 atom stereocenters. The maximum absolute atomic E-state index is 6.06. The number of aromatic nitrogens is 1. The topological polar surface area (TPSA) is 12.9 Å². The van der Waals surface area contributed by atoms with E-state index in [1.165, 1.54) is 0 Å². The molecule has 0 saturated heterocycles. The van der Waals surface area contributed by atoms with E-state index in [9.17, 15) is 0 Å². The van der Waals surface area contributed by atoms with Crippen LogP contribution in [0.5, 0.6) is 0 Å². The second-order valence-corrected chi connectivity index (χ2v) is 3.99. The number of benzene rings is 1. The molecule has 0 bridgehead atoms. The van der Waals surface area contributed by atoms with Gasteiger partial charge >= 0.3 is 0 Å². The van der Waals surface area contributed by atoms with E-state index in [0.29, 0.717) is 5.02 Å². The van der Waals surface area contributed by atoms with Gasteiger partial charge in [0.25, 0.3) is 0 Å². The van der Waals surface area contributed by atoms with E-state index in [-0.39, 0.29) is 0 Å². The Morgan fingerprint density at radius 2 is 2.00 bits per heavy atom. The molecule has 0 N–H and O–H groups in total. The molecule has 3 heteroatoms. The van der Waals surface area contributed by atoms with Gasteiger partial charge in [0.2, 0.25) is 0 Å². The summed E-state index contributed by atoms with van der Waals surface area (Å²) in [5.41, 5.74) is 1.64. The van der Waals surface area contributed by atoms with Crippen molar-refractivity contribution < 1.29 is 0 Å². The molecule has 0 aliphatic rings. The molecule has 1 aromatic heterocycles. The SMILES string of the molecule is Sc1cccc(C#Cc2cccnc2)c1Cl. The first-order valence-electron chi connectivity index (χ1n) is 4.67. The predicted octanol–water partition coefficient (Wildman–Crippen LogP) is 3.42. The molecule has 78 valence electrons. The molecule has 0 unspecified atom stereocenters. The van der Waals surface area contributed by atoms with Crippen LogP contribution in [0.1, 0.15) is 11.1 Å². The molecule has 0 aliphatic heterocycles. The van der Waals surface area contributed by atoms with Crippen LogP contribution < -0.4 is 0 Å². The van der Waals surface area contributed by atoms with E-state index < -0.39 is 0 Å². The fourth-order valence-electron chi connectivity index (χ4n) is 1.19. The highest BCUT2D eigenvalue weighted by atomic mass is 35.5. The number of hydrogen-bond donors (Lipinski definition) is 1. The van der Waals surface area contributed by atoms with E-state index >= 15 is 0 Å². The van der Waals surface area contributed by atoms with Gasteiger partial charge in [-0.1, -0.05) is 29.5 Å². The van der Waals surface area contributed by atoms with Crippen LogP contribution in [-0.2, 0) is 0 Å². The van der Waals surface area contributed by atoms with Crippen LogP contribution in [0.3, 0.4) is 0 Å². The Morgan fingerprint density at radius 1 is 1.12 bits per heavy atom. The maximum atomic E-state index is 6.06. The minimum Gasteiger partial charge on any atom is -0.263 e. The lowest BCUT2D eigenvalue weighted by Gasteiger charge is -1.97. The van der Waals surface area contributed by atoms with Crippen molar-refractivity contribution in [2.45, 2.75) is 4.90 Å². The highest BCUT2D eigenvalue weighted by molar-refractivity contribution is 7.80. The summed E-state index contributed by atoms with van der Waals surface area (Å²) < 4.78 is 0. The maximum Gasteiger partial charge on any atom is 0.0695 e. The highest BCUT2D eigenvalue weighted by Crippen LogP contribution is 2.23. The lowest BCUT2D eigenvalue weighted by Crippen LogP contribution is -1.80. The molecule has 16 heavy (non-hydrogen) atoms. The number of halogens is 1. The molecule has 1 nitrogen and oxygen atoms in total. The van der Waals surface area contributed by atoms with Crippen molar-refractivity contribution in [3.8, 4) is 11.8 Å². The summed E-state index contributed by atoms with van der Waals surface area (Å²) in [5.74, 6) is 6.00. The third kappa shape index (κ3) is 2.57. The van der Waals surface area contributed by atoms with Crippen molar-refractivity contribution in [1.82, 2.24) is 4.98 Å². The Balaban J connectivity index is 2.35. The zero-order valence-electron chi connectivity index (χ0n) is 8.31. The molecule has 1 heterocycles. The Kier molecular flexibility index (Phi) is 3.51. The number of nitrogens with zero attached hydrogens (tertiary/aromatic N) is 1. The van der Waals surface area contributed by atoms with Gasteiger partial charge in [0.1, 0.15) is 0 Å². The zero-order valence-corrected chi connectivity index (χ0v) is 9.96. The van der Waals surface area contributed by atoms with Gasteiger partial charge in [0.15, 0.2) is 0 Å². The summed E-state index contributed by atoms with van der Waals surface area (Å²) in [6, 6.07) is 9.33. The molecule has 0 fully saturated rings. The van der Waals surface area contributed by atoms with Crippen molar-refractivity contribution in [3.63, 3.8) is 0 Å². The van der Waals surface area contributed by atoms with Gasteiger partial charge in [-0.3, -0.25) is 4.98 Å². The smallest absolute Gasteiger partial charge is 0.0695 e. The zero-order chi connectivity index (χ0) is 11.4. The van der Waals surface area contributed by atoms with Crippen LogP contribution >= 0.6 is 24.2 Å². The van der Waals surface area contributed by atoms with Crippen molar-refractivity contribution in [1.29, 1.82) is 0 Å². The lowest BCUT2D eigenvalue weighted by atomic mass is 10.2. The average molecular weight is 246 g/mol. The average Bonchev–Trinajstić information content (AvgIpc) is 2.32. The van der Waals surface area contributed by atoms with E-state index in [2.05, 4.69) is 29.5 Å². The highest BCUT2D eigenvalue weighted by Gasteiger charge is 1.99. The Labute approximate surface area is 105 Å². The van der Waals surface area contributed by atoms with Crippen molar-refractivity contribution >= 4 is 24.2 Å². The minimum absolute atomic E-state index is 0.585. The normalized spacial score (nSPS) is 9.38. The fourth-order valence-corrected chi connectivity index (χ4v) is 1.57. The van der Waals surface area contributed by atoms with E-state index in [4.69, 9.17) is 11.6 Å². The van der Waals surface area contributed by atoms with Crippen LogP contribution in [0.4, 0.5) is 0 Å². The van der Waals surface area contributed by atoms with Gasteiger partial charge in [-0.05, 0) is 24.3 Å². The Morgan fingerprint density at radius 3 is 2.75 bits per heavy atom. The van der Waals surface area contributed by atoms with Gasteiger partial charge in [0.05, 0.1) is 5.02 Å². The van der Waals surface area contributed by atoms with Crippen LogP contribution in [0.25, 0.3) is 0 Å². The molecule has 0 amide bonds. The lowest BCUT2D eigenvalue weighted by molar-refractivity contribution is 1.31. The first kappa shape index (κ1) is 11.1. The molecule has 0 aliphatic carbocycles. The molecule has 1 aromatic carbocycles. The van der Waals surface area contributed by atoms with E-state index in [1.54, 1.807) is 12.4 Å². The summed E-state index contributed by atoms with van der Waals surface area (Å²) >= 11 is 10.3.